The van der Waals surface area contributed by atoms with Gasteiger partial charge in [0, 0.05) is 19.6 Å². The second-order valence-corrected chi connectivity index (χ2v) is 9.43. The van der Waals surface area contributed by atoms with E-state index in [4.69, 9.17) is 4.55 Å². The quantitative estimate of drug-likeness (QED) is 0.500. The third-order valence-electron chi connectivity index (χ3n) is 4.41. The summed E-state index contributed by atoms with van der Waals surface area (Å²) in [5.74, 6) is -0.586. The zero-order valence-electron chi connectivity index (χ0n) is 13.1. The SMILES string of the molecule is O=C(NN1CCS(=O)(=O)CC1)[C@@H]1CCC2CN1C(=O)N2OS(=O)(=O)O. The first-order chi connectivity index (χ1) is 11.6. The summed E-state index contributed by atoms with van der Waals surface area (Å²) in [5.41, 5.74) is 2.60. The third-order valence-corrected chi connectivity index (χ3v) is 6.37. The van der Waals surface area contributed by atoms with Crippen molar-refractivity contribution in [2.45, 2.75) is 24.9 Å². The summed E-state index contributed by atoms with van der Waals surface area (Å²) in [6, 6.07) is -2.21. The van der Waals surface area contributed by atoms with Crippen LogP contribution in [0.25, 0.3) is 0 Å². The van der Waals surface area contributed by atoms with Crippen LogP contribution < -0.4 is 5.43 Å². The highest BCUT2D eigenvalue weighted by molar-refractivity contribution is 7.91. The maximum Gasteiger partial charge on any atom is 0.418 e. The maximum atomic E-state index is 12.4. The van der Waals surface area contributed by atoms with Crippen molar-refractivity contribution in [3.63, 3.8) is 0 Å². The summed E-state index contributed by atoms with van der Waals surface area (Å²) >= 11 is 0. The molecule has 0 aromatic carbocycles. The van der Waals surface area contributed by atoms with Gasteiger partial charge in [0.25, 0.3) is 5.91 Å². The van der Waals surface area contributed by atoms with Crippen molar-refractivity contribution in [1.82, 2.24) is 20.4 Å². The molecule has 3 aliphatic heterocycles. The normalized spacial score (nSPS) is 29.7. The standard InChI is InChI=1S/C11H18N4O8S2/c16-10(12-13-3-5-24(18,19)6-4-13)9-2-1-8-7-14(9)11(17)15(8)23-25(20,21)22/h8-9H,1-7H2,(H,12,16)(H,20,21,22)/t8?,9-/m0/s1. The molecule has 3 rings (SSSR count). The number of carbonyl (C=O) groups is 2. The average Bonchev–Trinajstić information content (AvgIpc) is 2.73. The molecule has 3 aliphatic rings. The first-order valence-electron chi connectivity index (χ1n) is 7.58. The number of sulfone groups is 1. The van der Waals surface area contributed by atoms with E-state index in [0.717, 1.165) is 0 Å². The molecule has 3 amide bonds. The number of hydrogen-bond acceptors (Lipinski definition) is 8. The summed E-state index contributed by atoms with van der Waals surface area (Å²) in [6.45, 7) is 0.422. The van der Waals surface area contributed by atoms with Crippen LogP contribution >= 0.6 is 0 Å². The Morgan fingerprint density at radius 3 is 2.48 bits per heavy atom. The molecule has 25 heavy (non-hydrogen) atoms. The van der Waals surface area contributed by atoms with Crippen LogP contribution in [0, 0.1) is 0 Å². The third kappa shape index (κ3) is 4.03. The molecule has 0 aromatic rings. The lowest BCUT2D eigenvalue weighted by atomic mass is 10.0. The zero-order valence-corrected chi connectivity index (χ0v) is 14.7. The zero-order chi connectivity index (χ0) is 18.4. The van der Waals surface area contributed by atoms with Crippen LogP contribution in [0.4, 0.5) is 4.79 Å². The number of amides is 3. The molecule has 0 aliphatic carbocycles. The number of piperidine rings is 1. The molecule has 0 saturated carbocycles. The minimum atomic E-state index is -4.84. The van der Waals surface area contributed by atoms with Gasteiger partial charge in [0.2, 0.25) is 0 Å². The Morgan fingerprint density at radius 1 is 1.24 bits per heavy atom. The minimum absolute atomic E-state index is 0.0569. The number of hydrazine groups is 1. The van der Waals surface area contributed by atoms with Crippen LogP contribution in [0.3, 0.4) is 0 Å². The number of urea groups is 1. The predicted octanol–water partition coefficient (Wildman–Crippen LogP) is -2.25. The van der Waals surface area contributed by atoms with Crippen molar-refractivity contribution in [3.05, 3.63) is 0 Å². The van der Waals surface area contributed by atoms with E-state index in [-0.39, 0.29) is 31.1 Å². The molecule has 1 unspecified atom stereocenters. The van der Waals surface area contributed by atoms with Gasteiger partial charge in [0.15, 0.2) is 9.84 Å². The van der Waals surface area contributed by atoms with E-state index < -0.39 is 44.3 Å². The van der Waals surface area contributed by atoms with Gasteiger partial charge in [0.1, 0.15) is 6.04 Å². The minimum Gasteiger partial charge on any atom is -0.309 e. The smallest absolute Gasteiger partial charge is 0.309 e. The molecule has 3 saturated heterocycles. The Hall–Kier alpha value is -1.48. The fourth-order valence-corrected chi connectivity index (χ4v) is 4.75. The van der Waals surface area contributed by atoms with Crippen molar-refractivity contribution in [1.29, 1.82) is 0 Å². The van der Waals surface area contributed by atoms with E-state index >= 15 is 0 Å². The molecule has 3 fully saturated rings. The Labute approximate surface area is 144 Å². The van der Waals surface area contributed by atoms with Crippen molar-refractivity contribution in [2.75, 3.05) is 31.1 Å². The second kappa shape index (κ2) is 6.35. The molecule has 0 radical (unpaired) electrons. The highest BCUT2D eigenvalue weighted by Gasteiger charge is 2.49. The Balaban J connectivity index is 1.63. The average molecular weight is 398 g/mol. The molecule has 0 aromatic heterocycles. The number of hydrogen-bond donors (Lipinski definition) is 2. The van der Waals surface area contributed by atoms with Crippen LogP contribution in [0.1, 0.15) is 12.8 Å². The van der Waals surface area contributed by atoms with Crippen LogP contribution in [0.15, 0.2) is 0 Å². The topological polar surface area (TPSA) is 154 Å². The van der Waals surface area contributed by atoms with E-state index in [9.17, 15) is 26.4 Å². The number of hydroxylamine groups is 2. The van der Waals surface area contributed by atoms with Crippen LogP contribution in [-0.2, 0) is 29.3 Å². The fourth-order valence-electron chi connectivity index (χ4n) is 3.16. The Bertz CT molecular complexity index is 768. The molecule has 0 spiro atoms. The van der Waals surface area contributed by atoms with Gasteiger partial charge in [-0.05, 0) is 12.8 Å². The Morgan fingerprint density at radius 2 is 1.88 bits per heavy atom. The molecule has 2 N–H and O–H groups in total. The van der Waals surface area contributed by atoms with Crippen LogP contribution in [0.2, 0.25) is 0 Å². The lowest BCUT2D eigenvalue weighted by Crippen LogP contribution is -2.57. The summed E-state index contributed by atoms with van der Waals surface area (Å²) < 4.78 is 57.5. The van der Waals surface area contributed by atoms with Gasteiger partial charge in [-0.1, -0.05) is 0 Å². The summed E-state index contributed by atoms with van der Waals surface area (Å²) in [6.07, 6.45) is 0.615. The monoisotopic (exact) mass is 398 g/mol. The van der Waals surface area contributed by atoms with E-state index in [2.05, 4.69) is 9.71 Å². The first kappa shape index (κ1) is 18.3. The maximum absolute atomic E-state index is 12.4. The van der Waals surface area contributed by atoms with E-state index in [1.54, 1.807) is 0 Å². The molecule has 14 heteroatoms. The first-order valence-corrected chi connectivity index (χ1v) is 10.8. The van der Waals surface area contributed by atoms with Crippen LogP contribution in [-0.4, -0.2) is 91.5 Å². The number of nitrogens with zero attached hydrogens (tertiary/aromatic N) is 3. The number of carbonyl (C=O) groups excluding carboxylic acids is 2. The lowest BCUT2D eigenvalue weighted by molar-refractivity contribution is -0.131. The van der Waals surface area contributed by atoms with Crippen molar-refractivity contribution < 1.29 is 35.3 Å². The molecular weight excluding hydrogens is 380 g/mol. The van der Waals surface area contributed by atoms with E-state index in [0.29, 0.717) is 17.9 Å². The van der Waals surface area contributed by atoms with Gasteiger partial charge in [-0.25, -0.2) is 18.2 Å². The highest BCUT2D eigenvalue weighted by Crippen LogP contribution is 2.30. The van der Waals surface area contributed by atoms with Crippen molar-refractivity contribution in [3.8, 4) is 0 Å². The summed E-state index contributed by atoms with van der Waals surface area (Å²) in [4.78, 5) is 25.8. The number of rotatable bonds is 4. The molecule has 12 nitrogen and oxygen atoms in total. The van der Waals surface area contributed by atoms with Gasteiger partial charge >= 0.3 is 16.4 Å². The molecule has 142 valence electrons. The predicted molar refractivity (Wildman–Crippen MR) is 81.8 cm³/mol. The van der Waals surface area contributed by atoms with Crippen molar-refractivity contribution >= 4 is 32.2 Å². The molecule has 3 heterocycles. The van der Waals surface area contributed by atoms with E-state index in [1.165, 1.54) is 9.91 Å². The van der Waals surface area contributed by atoms with Gasteiger partial charge in [0.05, 0.1) is 17.5 Å². The summed E-state index contributed by atoms with van der Waals surface area (Å²) in [7, 11) is -7.92. The van der Waals surface area contributed by atoms with Crippen LogP contribution in [0.5, 0.6) is 0 Å². The molecule has 2 bridgehead atoms. The molecule has 2 atom stereocenters. The van der Waals surface area contributed by atoms with Crippen molar-refractivity contribution in [2.24, 2.45) is 0 Å². The summed E-state index contributed by atoms with van der Waals surface area (Å²) in [5, 5.41) is 2.05. The fraction of sp³-hybridized carbons (Fsp3) is 0.818. The Kier molecular flexibility index (Phi) is 4.65. The van der Waals surface area contributed by atoms with Gasteiger partial charge in [-0.2, -0.15) is 13.5 Å². The highest BCUT2D eigenvalue weighted by atomic mass is 32.3. The molecular formula is C11H18N4O8S2. The van der Waals surface area contributed by atoms with E-state index in [1.807, 2.05) is 0 Å². The van der Waals surface area contributed by atoms with Gasteiger partial charge in [-0.3, -0.25) is 14.8 Å². The number of nitrogens with one attached hydrogen (secondary N) is 1. The largest absolute Gasteiger partial charge is 0.418 e. The van der Waals surface area contributed by atoms with Gasteiger partial charge in [-0.15, -0.1) is 4.28 Å². The van der Waals surface area contributed by atoms with Gasteiger partial charge < -0.3 is 4.90 Å². The number of fused-ring (bicyclic) bond motifs is 2. The lowest BCUT2D eigenvalue weighted by Gasteiger charge is -2.33. The second-order valence-electron chi connectivity index (χ2n) is 6.12.